The fourth-order valence-electron chi connectivity index (χ4n) is 2.67. The Morgan fingerprint density at radius 1 is 1.18 bits per heavy atom. The highest BCUT2D eigenvalue weighted by Crippen LogP contribution is 2.39. The van der Waals surface area contributed by atoms with Crippen molar-refractivity contribution in [2.24, 2.45) is 0 Å². The van der Waals surface area contributed by atoms with Gasteiger partial charge in [-0.05, 0) is 24.3 Å². The van der Waals surface area contributed by atoms with Gasteiger partial charge in [0, 0.05) is 28.5 Å². The van der Waals surface area contributed by atoms with E-state index in [1.807, 2.05) is 12.1 Å². The standard InChI is InChI=1S/C19H19Cl2NO5S/c1-25-12-3-4-13(18-22-15(10-28-18)19(23)24)16(9-12)26-6-7-27-17-8-11(20)2-5-14(17)21/h2-5,8-9,15,18,22H,6-7,10H2,1H3,(H,23,24). The van der Waals surface area contributed by atoms with E-state index in [2.05, 4.69) is 5.32 Å². The van der Waals surface area contributed by atoms with Crippen LogP contribution in [0.5, 0.6) is 17.2 Å². The molecule has 9 heteroatoms. The first kappa shape index (κ1) is 20.9. The molecule has 28 heavy (non-hydrogen) atoms. The summed E-state index contributed by atoms with van der Waals surface area (Å²) in [5.74, 6) is 1.37. The SMILES string of the molecule is COc1ccc(C2NC(C(=O)O)CS2)c(OCCOc2cc(Cl)ccc2Cl)c1. The molecule has 2 aromatic carbocycles. The number of hydrogen-bond donors (Lipinski definition) is 2. The Bertz CT molecular complexity index is 851. The van der Waals surface area contributed by atoms with Gasteiger partial charge in [-0.3, -0.25) is 10.1 Å². The number of ether oxygens (including phenoxy) is 3. The topological polar surface area (TPSA) is 77.0 Å². The minimum atomic E-state index is -0.863. The molecule has 3 rings (SSSR count). The zero-order valence-electron chi connectivity index (χ0n) is 15.0. The average molecular weight is 444 g/mol. The van der Waals surface area contributed by atoms with E-state index >= 15 is 0 Å². The van der Waals surface area contributed by atoms with Crippen molar-refractivity contribution in [3.63, 3.8) is 0 Å². The lowest BCUT2D eigenvalue weighted by Crippen LogP contribution is -2.33. The van der Waals surface area contributed by atoms with Gasteiger partial charge in [-0.1, -0.05) is 23.2 Å². The summed E-state index contributed by atoms with van der Waals surface area (Å²) in [5.41, 5.74) is 0.857. The van der Waals surface area contributed by atoms with E-state index < -0.39 is 12.0 Å². The molecule has 150 valence electrons. The van der Waals surface area contributed by atoms with Gasteiger partial charge in [0.2, 0.25) is 0 Å². The Balaban J connectivity index is 1.65. The molecule has 1 heterocycles. The molecule has 1 aliphatic heterocycles. The molecule has 1 aliphatic rings. The first-order chi connectivity index (χ1) is 13.5. The third-order valence-corrected chi connectivity index (χ3v) is 5.87. The van der Waals surface area contributed by atoms with Gasteiger partial charge in [0.25, 0.3) is 0 Å². The maximum atomic E-state index is 11.2. The monoisotopic (exact) mass is 443 g/mol. The molecule has 2 N–H and O–H groups in total. The lowest BCUT2D eigenvalue weighted by atomic mass is 10.1. The van der Waals surface area contributed by atoms with Gasteiger partial charge in [-0.15, -0.1) is 11.8 Å². The van der Waals surface area contributed by atoms with Crippen molar-refractivity contribution in [3.05, 3.63) is 52.0 Å². The van der Waals surface area contributed by atoms with Gasteiger partial charge < -0.3 is 19.3 Å². The van der Waals surface area contributed by atoms with Crippen molar-refractivity contribution in [2.45, 2.75) is 11.4 Å². The van der Waals surface area contributed by atoms with Gasteiger partial charge >= 0.3 is 5.97 Å². The molecule has 0 spiro atoms. The minimum absolute atomic E-state index is 0.176. The van der Waals surface area contributed by atoms with Gasteiger partial charge in [-0.25, -0.2) is 0 Å². The van der Waals surface area contributed by atoms with Crippen LogP contribution in [0, 0.1) is 0 Å². The zero-order chi connectivity index (χ0) is 20.1. The zero-order valence-corrected chi connectivity index (χ0v) is 17.3. The summed E-state index contributed by atoms with van der Waals surface area (Å²) in [4.78, 5) is 11.2. The van der Waals surface area contributed by atoms with E-state index in [-0.39, 0.29) is 18.6 Å². The molecule has 0 aliphatic carbocycles. The number of methoxy groups -OCH3 is 1. The number of benzene rings is 2. The van der Waals surface area contributed by atoms with Crippen molar-refractivity contribution in [3.8, 4) is 17.2 Å². The molecule has 2 aromatic rings. The number of halogens is 2. The van der Waals surface area contributed by atoms with Crippen LogP contribution in [0.3, 0.4) is 0 Å². The third kappa shape index (κ3) is 5.17. The van der Waals surface area contributed by atoms with Crippen LogP contribution in [0.15, 0.2) is 36.4 Å². The molecular formula is C19H19Cl2NO5S. The van der Waals surface area contributed by atoms with E-state index in [9.17, 15) is 9.90 Å². The van der Waals surface area contributed by atoms with Crippen LogP contribution in [0.2, 0.25) is 10.0 Å². The van der Waals surface area contributed by atoms with Gasteiger partial charge in [0.1, 0.15) is 36.5 Å². The number of thioether (sulfide) groups is 1. The lowest BCUT2D eigenvalue weighted by Gasteiger charge is -2.18. The van der Waals surface area contributed by atoms with Crippen molar-refractivity contribution in [2.75, 3.05) is 26.1 Å². The first-order valence-corrected chi connectivity index (χ1v) is 10.3. The van der Waals surface area contributed by atoms with Crippen LogP contribution in [-0.2, 0) is 4.79 Å². The summed E-state index contributed by atoms with van der Waals surface area (Å²) in [5, 5.41) is 13.1. The van der Waals surface area contributed by atoms with Crippen LogP contribution in [-0.4, -0.2) is 43.2 Å². The van der Waals surface area contributed by atoms with E-state index in [1.54, 1.807) is 31.4 Å². The molecule has 6 nitrogen and oxygen atoms in total. The number of aliphatic carboxylic acids is 1. The summed E-state index contributed by atoms with van der Waals surface area (Å²) < 4.78 is 16.8. The second-order valence-corrected chi connectivity index (χ2v) is 7.93. The number of nitrogens with one attached hydrogen (secondary N) is 1. The van der Waals surface area contributed by atoms with Crippen LogP contribution in [0.25, 0.3) is 0 Å². The smallest absolute Gasteiger partial charge is 0.321 e. The fraction of sp³-hybridized carbons (Fsp3) is 0.316. The first-order valence-electron chi connectivity index (χ1n) is 8.47. The Morgan fingerprint density at radius 3 is 2.61 bits per heavy atom. The molecule has 0 amide bonds. The summed E-state index contributed by atoms with van der Waals surface area (Å²) >= 11 is 13.6. The summed E-state index contributed by atoms with van der Waals surface area (Å²) in [7, 11) is 1.58. The van der Waals surface area contributed by atoms with Crippen molar-refractivity contribution in [1.82, 2.24) is 5.32 Å². The van der Waals surface area contributed by atoms with Crippen LogP contribution >= 0.6 is 35.0 Å². The predicted octanol–water partition coefficient (Wildman–Crippen LogP) is 4.25. The Morgan fingerprint density at radius 2 is 1.93 bits per heavy atom. The van der Waals surface area contributed by atoms with E-state index in [0.717, 1.165) is 5.56 Å². The van der Waals surface area contributed by atoms with E-state index in [4.69, 9.17) is 37.4 Å². The highest BCUT2D eigenvalue weighted by Gasteiger charge is 2.32. The quantitative estimate of drug-likeness (QED) is 0.590. The molecular weight excluding hydrogens is 425 g/mol. The largest absolute Gasteiger partial charge is 0.497 e. The Labute approximate surface area is 177 Å². The van der Waals surface area contributed by atoms with E-state index in [0.29, 0.717) is 33.0 Å². The fourth-order valence-corrected chi connectivity index (χ4v) is 4.26. The van der Waals surface area contributed by atoms with Crippen molar-refractivity contribution < 1.29 is 24.1 Å². The molecule has 0 bridgehead atoms. The second kappa shape index (κ2) is 9.60. The molecule has 2 unspecified atom stereocenters. The van der Waals surface area contributed by atoms with Gasteiger partial charge in [0.15, 0.2) is 0 Å². The second-order valence-electron chi connectivity index (χ2n) is 5.95. The molecule has 1 saturated heterocycles. The van der Waals surface area contributed by atoms with Crippen molar-refractivity contribution >= 4 is 40.9 Å². The summed E-state index contributed by atoms with van der Waals surface area (Å²) in [6.07, 6.45) is 0. The van der Waals surface area contributed by atoms with Crippen LogP contribution in [0.4, 0.5) is 0 Å². The van der Waals surface area contributed by atoms with E-state index in [1.165, 1.54) is 11.8 Å². The van der Waals surface area contributed by atoms with Gasteiger partial charge in [-0.2, -0.15) is 0 Å². The summed E-state index contributed by atoms with van der Waals surface area (Å²) in [6.45, 7) is 0.530. The number of carboxylic acid groups (broad SMARTS) is 1. The third-order valence-electron chi connectivity index (χ3n) is 4.08. The Kier molecular flexibility index (Phi) is 7.18. The number of hydrogen-bond acceptors (Lipinski definition) is 6. The predicted molar refractivity (Wildman–Crippen MR) is 110 cm³/mol. The highest BCUT2D eigenvalue weighted by molar-refractivity contribution is 7.99. The normalized spacial score (nSPS) is 18.7. The maximum Gasteiger partial charge on any atom is 0.321 e. The van der Waals surface area contributed by atoms with Gasteiger partial charge in [0.05, 0.1) is 17.5 Å². The Hall–Kier alpha value is -1.80. The summed E-state index contributed by atoms with van der Waals surface area (Å²) in [6, 6.07) is 9.88. The number of carbonyl (C=O) groups is 1. The lowest BCUT2D eigenvalue weighted by molar-refractivity contribution is -0.138. The molecule has 0 aromatic heterocycles. The molecule has 2 atom stereocenters. The maximum absolute atomic E-state index is 11.2. The molecule has 0 saturated carbocycles. The average Bonchev–Trinajstić information content (AvgIpc) is 3.18. The van der Waals surface area contributed by atoms with Crippen LogP contribution in [0.1, 0.15) is 10.9 Å². The van der Waals surface area contributed by atoms with Crippen LogP contribution < -0.4 is 19.5 Å². The van der Waals surface area contributed by atoms with Crippen molar-refractivity contribution in [1.29, 1.82) is 0 Å². The number of carboxylic acids is 1. The molecule has 1 fully saturated rings. The minimum Gasteiger partial charge on any atom is -0.497 e. The molecule has 0 radical (unpaired) electrons. The highest BCUT2D eigenvalue weighted by atomic mass is 35.5. The number of rotatable bonds is 8.